The minimum Gasteiger partial charge on any atom is -0.497 e. The number of hydrogen-bond acceptors (Lipinski definition) is 4. The number of rotatable bonds is 3. The maximum absolute atomic E-state index is 12.5. The van der Waals surface area contributed by atoms with Gasteiger partial charge in [0.05, 0.1) is 13.0 Å². The lowest BCUT2D eigenvalue weighted by molar-refractivity contribution is -0.134. The first kappa shape index (κ1) is 14.8. The Kier molecular flexibility index (Phi) is 4.02. The fraction of sp³-hybridized carbons (Fsp3) is 0.500. The van der Waals surface area contributed by atoms with Crippen molar-refractivity contribution in [3.8, 4) is 5.75 Å². The zero-order chi connectivity index (χ0) is 15.7. The van der Waals surface area contributed by atoms with E-state index in [4.69, 9.17) is 10.5 Å². The molecule has 2 amide bonds. The second-order valence-corrected chi connectivity index (χ2v) is 5.94. The van der Waals surface area contributed by atoms with Gasteiger partial charge in [-0.15, -0.1) is 0 Å². The molecule has 0 bridgehead atoms. The molecule has 2 aliphatic rings. The molecule has 2 fully saturated rings. The van der Waals surface area contributed by atoms with Crippen LogP contribution in [0.25, 0.3) is 0 Å². The van der Waals surface area contributed by atoms with Crippen molar-refractivity contribution in [2.24, 2.45) is 11.7 Å². The number of carbonyl (C=O) groups is 2. The Balaban J connectivity index is 1.68. The number of likely N-dealkylation sites (tertiary alicyclic amines) is 1. The lowest BCUT2D eigenvalue weighted by atomic mass is 10.1. The van der Waals surface area contributed by atoms with Gasteiger partial charge in [-0.05, 0) is 30.7 Å². The third-order valence-corrected chi connectivity index (χ3v) is 4.39. The zero-order valence-corrected chi connectivity index (χ0v) is 12.7. The first-order valence-corrected chi connectivity index (χ1v) is 7.57. The number of benzene rings is 1. The van der Waals surface area contributed by atoms with Gasteiger partial charge in [0.15, 0.2) is 0 Å². The number of nitrogens with two attached hydrogens (primary N) is 1. The van der Waals surface area contributed by atoms with E-state index in [1.165, 1.54) is 0 Å². The molecule has 1 unspecified atom stereocenters. The Morgan fingerprint density at radius 1 is 1.27 bits per heavy atom. The average molecular weight is 303 g/mol. The van der Waals surface area contributed by atoms with Crippen molar-refractivity contribution < 1.29 is 14.3 Å². The maximum Gasteiger partial charge on any atom is 0.228 e. The van der Waals surface area contributed by atoms with E-state index in [0.29, 0.717) is 19.6 Å². The summed E-state index contributed by atoms with van der Waals surface area (Å²) in [6.45, 7) is 1.75. The van der Waals surface area contributed by atoms with Crippen LogP contribution in [-0.2, 0) is 9.59 Å². The van der Waals surface area contributed by atoms with Crippen LogP contribution in [0.15, 0.2) is 24.3 Å². The van der Waals surface area contributed by atoms with Gasteiger partial charge in [0.1, 0.15) is 5.75 Å². The summed E-state index contributed by atoms with van der Waals surface area (Å²) in [6, 6.07) is 7.39. The van der Waals surface area contributed by atoms with E-state index in [2.05, 4.69) is 0 Å². The molecular formula is C16H21N3O3. The Morgan fingerprint density at radius 3 is 2.59 bits per heavy atom. The van der Waals surface area contributed by atoms with Crippen LogP contribution < -0.4 is 15.4 Å². The monoisotopic (exact) mass is 303 g/mol. The Labute approximate surface area is 129 Å². The van der Waals surface area contributed by atoms with Gasteiger partial charge in [-0.3, -0.25) is 9.59 Å². The summed E-state index contributed by atoms with van der Waals surface area (Å²) < 4.78 is 5.12. The topological polar surface area (TPSA) is 75.9 Å². The second kappa shape index (κ2) is 5.96. The first-order valence-electron chi connectivity index (χ1n) is 7.57. The van der Waals surface area contributed by atoms with Crippen LogP contribution in [0.3, 0.4) is 0 Å². The number of amides is 2. The normalized spacial score (nSPS) is 24.9. The molecule has 6 nitrogen and oxygen atoms in total. The van der Waals surface area contributed by atoms with Crippen LogP contribution in [0, 0.1) is 5.92 Å². The molecule has 0 radical (unpaired) electrons. The third-order valence-electron chi connectivity index (χ3n) is 4.39. The van der Waals surface area contributed by atoms with E-state index in [-0.39, 0.29) is 30.2 Å². The predicted octanol–water partition coefficient (Wildman–Crippen LogP) is 0.608. The maximum atomic E-state index is 12.5. The first-order chi connectivity index (χ1) is 10.6. The van der Waals surface area contributed by atoms with Crippen LogP contribution in [0.5, 0.6) is 5.75 Å². The van der Waals surface area contributed by atoms with Crippen LogP contribution in [0.4, 0.5) is 5.69 Å². The van der Waals surface area contributed by atoms with Crippen molar-refractivity contribution >= 4 is 17.5 Å². The summed E-state index contributed by atoms with van der Waals surface area (Å²) >= 11 is 0. The minimum absolute atomic E-state index is 0.00740. The summed E-state index contributed by atoms with van der Waals surface area (Å²) in [5.74, 6) is 0.526. The Morgan fingerprint density at radius 2 is 2.00 bits per heavy atom. The largest absolute Gasteiger partial charge is 0.497 e. The highest BCUT2D eigenvalue weighted by atomic mass is 16.5. The number of hydrogen-bond donors (Lipinski definition) is 1. The molecule has 2 N–H and O–H groups in total. The fourth-order valence-corrected chi connectivity index (χ4v) is 3.13. The SMILES string of the molecule is COc1ccc(N2CC(C(=O)N3CC[C@@H](N)C3)CC2=O)cc1. The quantitative estimate of drug-likeness (QED) is 0.887. The van der Waals surface area contributed by atoms with Gasteiger partial charge in [-0.25, -0.2) is 0 Å². The number of nitrogens with zero attached hydrogens (tertiary/aromatic N) is 2. The van der Waals surface area contributed by atoms with Crippen molar-refractivity contribution in [1.82, 2.24) is 4.90 Å². The molecule has 1 aromatic carbocycles. The highest BCUT2D eigenvalue weighted by molar-refractivity contribution is 6.00. The molecule has 3 rings (SSSR count). The molecule has 118 valence electrons. The van der Waals surface area contributed by atoms with Crippen molar-refractivity contribution in [2.45, 2.75) is 18.9 Å². The van der Waals surface area contributed by atoms with E-state index in [1.807, 2.05) is 24.3 Å². The number of anilines is 1. The van der Waals surface area contributed by atoms with Crippen LogP contribution >= 0.6 is 0 Å². The molecule has 22 heavy (non-hydrogen) atoms. The smallest absolute Gasteiger partial charge is 0.228 e. The number of ether oxygens (including phenoxy) is 1. The standard InChI is InChI=1S/C16H21N3O3/c1-22-14-4-2-13(3-5-14)19-9-11(8-15(19)20)16(21)18-7-6-12(17)10-18/h2-5,11-12H,6-10,17H2,1H3/t11?,12-/m1/s1. The van der Waals surface area contributed by atoms with Crippen molar-refractivity contribution in [3.05, 3.63) is 24.3 Å². The highest BCUT2D eigenvalue weighted by Gasteiger charge is 2.38. The summed E-state index contributed by atoms with van der Waals surface area (Å²) in [5, 5.41) is 0. The van der Waals surface area contributed by atoms with Gasteiger partial charge in [-0.2, -0.15) is 0 Å². The molecule has 0 aliphatic carbocycles. The molecule has 2 saturated heterocycles. The molecular weight excluding hydrogens is 282 g/mol. The van der Waals surface area contributed by atoms with Gasteiger partial charge >= 0.3 is 0 Å². The van der Waals surface area contributed by atoms with Crippen LogP contribution in [0.2, 0.25) is 0 Å². The fourth-order valence-electron chi connectivity index (χ4n) is 3.13. The van der Waals surface area contributed by atoms with Crippen molar-refractivity contribution in [3.63, 3.8) is 0 Å². The second-order valence-electron chi connectivity index (χ2n) is 5.94. The Hall–Kier alpha value is -2.08. The molecule has 2 heterocycles. The van der Waals surface area contributed by atoms with Gasteiger partial charge in [0, 0.05) is 37.8 Å². The minimum atomic E-state index is -0.264. The van der Waals surface area contributed by atoms with E-state index in [9.17, 15) is 9.59 Å². The lowest BCUT2D eigenvalue weighted by Crippen LogP contribution is -2.37. The highest BCUT2D eigenvalue weighted by Crippen LogP contribution is 2.28. The third kappa shape index (κ3) is 2.78. The number of carbonyl (C=O) groups excluding carboxylic acids is 2. The predicted molar refractivity (Wildman–Crippen MR) is 82.6 cm³/mol. The molecule has 0 saturated carbocycles. The summed E-state index contributed by atoms with van der Waals surface area (Å²) in [5.41, 5.74) is 6.66. The average Bonchev–Trinajstić information content (AvgIpc) is 3.13. The van der Waals surface area contributed by atoms with Gasteiger partial charge in [-0.1, -0.05) is 0 Å². The molecule has 0 spiro atoms. The van der Waals surface area contributed by atoms with E-state index in [0.717, 1.165) is 17.9 Å². The van der Waals surface area contributed by atoms with Crippen LogP contribution in [0.1, 0.15) is 12.8 Å². The van der Waals surface area contributed by atoms with E-state index in [1.54, 1.807) is 16.9 Å². The van der Waals surface area contributed by atoms with E-state index < -0.39 is 0 Å². The van der Waals surface area contributed by atoms with Gasteiger partial charge in [0.2, 0.25) is 11.8 Å². The van der Waals surface area contributed by atoms with Crippen molar-refractivity contribution in [1.29, 1.82) is 0 Å². The zero-order valence-electron chi connectivity index (χ0n) is 12.7. The van der Waals surface area contributed by atoms with Crippen molar-refractivity contribution in [2.75, 3.05) is 31.6 Å². The van der Waals surface area contributed by atoms with E-state index >= 15 is 0 Å². The summed E-state index contributed by atoms with van der Waals surface area (Å²) in [4.78, 5) is 28.2. The number of methoxy groups -OCH3 is 1. The van der Waals surface area contributed by atoms with Crippen LogP contribution in [-0.4, -0.2) is 49.5 Å². The lowest BCUT2D eigenvalue weighted by Gasteiger charge is -2.21. The molecule has 6 heteroatoms. The molecule has 1 aromatic rings. The Bertz CT molecular complexity index is 573. The van der Waals surface area contributed by atoms with Gasteiger partial charge < -0.3 is 20.3 Å². The van der Waals surface area contributed by atoms with Gasteiger partial charge in [0.25, 0.3) is 0 Å². The summed E-state index contributed by atoms with van der Waals surface area (Å²) in [6.07, 6.45) is 1.12. The molecule has 2 atom stereocenters. The molecule has 0 aromatic heterocycles. The molecule has 2 aliphatic heterocycles. The summed E-state index contributed by atoms with van der Waals surface area (Å²) in [7, 11) is 1.60.